The second-order valence-corrected chi connectivity index (χ2v) is 3.86. The second kappa shape index (κ2) is 3.13. The zero-order chi connectivity index (χ0) is 5.82. The third-order valence-electron chi connectivity index (χ3n) is 1.25. The summed E-state index contributed by atoms with van der Waals surface area (Å²) in [5.74, 6) is 0. The fraction of sp³-hybridized carbons (Fsp3) is 0.143. The van der Waals surface area contributed by atoms with Crippen LogP contribution in [0.25, 0.3) is 0 Å². The van der Waals surface area contributed by atoms with Crippen molar-refractivity contribution in [1.29, 1.82) is 0 Å². The van der Waals surface area contributed by atoms with Crippen LogP contribution in [-0.4, -0.2) is 22.5 Å². The molecule has 42 valence electrons. The first-order valence-electron chi connectivity index (χ1n) is 2.97. The first-order chi connectivity index (χ1) is 3.93. The van der Waals surface area contributed by atoms with E-state index in [2.05, 4.69) is 30.3 Å². The topological polar surface area (TPSA) is 0 Å². The van der Waals surface area contributed by atoms with Gasteiger partial charge in [0.1, 0.15) is 0 Å². The summed E-state index contributed by atoms with van der Waals surface area (Å²) in [4.78, 5) is 0. The molecular weight excluding hydrogens is 203 g/mol. The molecule has 8 heavy (non-hydrogen) atoms. The Hall–Kier alpha value is 0.0187. The predicted octanol–water partition coefficient (Wildman–Crippen LogP) is 0.552. The normalized spacial score (nSPS) is 9.50. The fourth-order valence-electron chi connectivity index (χ4n) is 0.714. The summed E-state index contributed by atoms with van der Waals surface area (Å²) in [5.41, 5.74) is 1.50. The van der Waals surface area contributed by atoms with Gasteiger partial charge in [0.2, 0.25) is 0 Å². The Kier molecular flexibility index (Phi) is 2.40. The Labute approximate surface area is 63.0 Å². The van der Waals surface area contributed by atoms with Crippen LogP contribution in [0.2, 0.25) is 0 Å². The second-order valence-electron chi connectivity index (χ2n) is 1.84. The standard InChI is InChI=1S/C7H7.Sn.3H/c1-7-5-3-2-4-6-7;;;;/h2-6H,1H2;;;;. The molecule has 0 amide bonds. The van der Waals surface area contributed by atoms with E-state index in [1.165, 1.54) is 10.0 Å². The van der Waals surface area contributed by atoms with Crippen molar-refractivity contribution in [1.82, 2.24) is 0 Å². The van der Waals surface area contributed by atoms with Crippen molar-refractivity contribution in [3.05, 3.63) is 35.9 Å². The minimum absolute atomic E-state index is 0.823. The van der Waals surface area contributed by atoms with Gasteiger partial charge in [-0.1, -0.05) is 0 Å². The summed E-state index contributed by atoms with van der Waals surface area (Å²) < 4.78 is 1.35. The molecule has 0 aliphatic heterocycles. The molecule has 0 heterocycles. The van der Waals surface area contributed by atoms with Crippen molar-refractivity contribution in [3.8, 4) is 0 Å². The third kappa shape index (κ3) is 1.51. The average molecular weight is 213 g/mol. The zero-order valence-electron chi connectivity index (χ0n) is 5.09. The van der Waals surface area contributed by atoms with Gasteiger partial charge in [0.05, 0.1) is 0 Å². The van der Waals surface area contributed by atoms with Gasteiger partial charge in [-0.2, -0.15) is 0 Å². The van der Waals surface area contributed by atoms with Crippen LogP contribution in [0.3, 0.4) is 0 Å². The van der Waals surface area contributed by atoms with E-state index in [9.17, 15) is 0 Å². The Bertz CT molecular complexity index is 146. The number of benzene rings is 1. The monoisotopic (exact) mass is 214 g/mol. The molecule has 0 saturated heterocycles. The summed E-state index contributed by atoms with van der Waals surface area (Å²) in [6.45, 7) is 0. The van der Waals surface area contributed by atoms with Gasteiger partial charge < -0.3 is 0 Å². The number of hydrogen-bond donors (Lipinski definition) is 0. The summed E-state index contributed by atoms with van der Waals surface area (Å²) >= 11 is 0.823. The van der Waals surface area contributed by atoms with Crippen LogP contribution in [0.15, 0.2) is 30.3 Å². The number of hydrogen-bond acceptors (Lipinski definition) is 0. The summed E-state index contributed by atoms with van der Waals surface area (Å²) in [6.07, 6.45) is 0. The van der Waals surface area contributed by atoms with Gasteiger partial charge >= 0.3 is 62.9 Å². The first kappa shape index (κ1) is 6.14. The summed E-state index contributed by atoms with van der Waals surface area (Å²) in [7, 11) is 0. The quantitative estimate of drug-likeness (QED) is 0.597. The maximum absolute atomic E-state index is 2.19. The molecule has 0 unspecified atom stereocenters. The Balaban J connectivity index is 2.83. The van der Waals surface area contributed by atoms with E-state index in [4.69, 9.17) is 0 Å². The van der Waals surface area contributed by atoms with Crippen LogP contribution < -0.4 is 0 Å². The van der Waals surface area contributed by atoms with Crippen molar-refractivity contribution < 1.29 is 0 Å². The van der Waals surface area contributed by atoms with Crippen LogP contribution >= 0.6 is 0 Å². The van der Waals surface area contributed by atoms with E-state index in [-0.39, 0.29) is 0 Å². The molecule has 0 spiro atoms. The Morgan fingerprint density at radius 2 is 1.75 bits per heavy atom. The average Bonchev–Trinajstić information content (AvgIpc) is 1.90. The zero-order valence-corrected chi connectivity index (χ0v) is 10.8. The van der Waals surface area contributed by atoms with Gasteiger partial charge in [0.25, 0.3) is 0 Å². The molecule has 0 N–H and O–H groups in total. The molecule has 1 aromatic carbocycles. The van der Waals surface area contributed by atoms with Crippen LogP contribution in [0.1, 0.15) is 5.56 Å². The molecule has 0 fully saturated rings. The van der Waals surface area contributed by atoms with E-state index in [0.29, 0.717) is 0 Å². The van der Waals surface area contributed by atoms with Gasteiger partial charge in [0.15, 0.2) is 0 Å². The summed E-state index contributed by atoms with van der Waals surface area (Å²) in [6, 6.07) is 10.7. The molecule has 1 aromatic rings. The van der Waals surface area contributed by atoms with Crippen LogP contribution in [-0.2, 0) is 4.44 Å². The molecule has 0 saturated carbocycles. The molecule has 0 radical (unpaired) electrons. The maximum atomic E-state index is 2.19. The Morgan fingerprint density at radius 1 is 1.12 bits per heavy atom. The molecule has 1 heteroatoms. The molecule has 1 rings (SSSR count). The summed E-state index contributed by atoms with van der Waals surface area (Å²) in [5, 5.41) is 0. The van der Waals surface area contributed by atoms with E-state index < -0.39 is 0 Å². The van der Waals surface area contributed by atoms with Crippen molar-refractivity contribution in [2.75, 3.05) is 0 Å². The van der Waals surface area contributed by atoms with Crippen molar-refractivity contribution in [3.63, 3.8) is 0 Å². The predicted molar refractivity (Wildman–Crippen MR) is 40.1 cm³/mol. The molecule has 0 aliphatic carbocycles. The van der Waals surface area contributed by atoms with E-state index >= 15 is 0 Å². The van der Waals surface area contributed by atoms with Crippen molar-refractivity contribution in [2.24, 2.45) is 0 Å². The van der Waals surface area contributed by atoms with Crippen LogP contribution in [0.4, 0.5) is 0 Å². The van der Waals surface area contributed by atoms with E-state index in [0.717, 1.165) is 22.5 Å². The van der Waals surface area contributed by atoms with Gasteiger partial charge in [0, 0.05) is 0 Å². The van der Waals surface area contributed by atoms with E-state index in [1.54, 1.807) is 0 Å². The molecular formula is C7H10Sn. The Morgan fingerprint density at radius 3 is 2.12 bits per heavy atom. The number of rotatable bonds is 1. The first-order valence-corrected chi connectivity index (χ1v) is 7.01. The molecule has 0 atom stereocenters. The molecule has 0 bridgehead atoms. The van der Waals surface area contributed by atoms with Crippen molar-refractivity contribution in [2.45, 2.75) is 4.44 Å². The molecule has 0 nitrogen and oxygen atoms in total. The van der Waals surface area contributed by atoms with E-state index in [1.807, 2.05) is 0 Å². The van der Waals surface area contributed by atoms with Crippen molar-refractivity contribution >= 4 is 22.5 Å². The molecule has 0 aromatic heterocycles. The SMILES string of the molecule is [SnH3][CH2]c1ccccc1. The van der Waals surface area contributed by atoms with Gasteiger partial charge in [-0.15, -0.1) is 0 Å². The molecule has 0 aliphatic rings. The fourth-order valence-corrected chi connectivity index (χ4v) is 2.06. The minimum atomic E-state index is 0.823. The van der Waals surface area contributed by atoms with Crippen LogP contribution in [0.5, 0.6) is 0 Å². The van der Waals surface area contributed by atoms with Gasteiger partial charge in [-0.25, -0.2) is 0 Å². The third-order valence-corrected chi connectivity index (χ3v) is 3.58. The van der Waals surface area contributed by atoms with Crippen LogP contribution in [0, 0.1) is 0 Å². The van der Waals surface area contributed by atoms with Gasteiger partial charge in [-0.3, -0.25) is 0 Å². The van der Waals surface area contributed by atoms with Gasteiger partial charge in [-0.05, 0) is 0 Å².